The smallest absolute Gasteiger partial charge is 0.335 e. The van der Waals surface area contributed by atoms with Gasteiger partial charge < -0.3 is 9.45 Å². The molecular weight excluding hydrogens is 307 g/mol. The molecule has 0 radical (unpaired) electrons. The second-order valence-electron chi connectivity index (χ2n) is 4.88. The number of halogens is 3. The molecular formula is C13H14F3NO3S. The lowest BCUT2D eigenvalue weighted by Gasteiger charge is -2.32. The van der Waals surface area contributed by atoms with Gasteiger partial charge in [-0.3, -0.25) is 4.79 Å². The van der Waals surface area contributed by atoms with Crippen LogP contribution in [0.15, 0.2) is 29.2 Å². The zero-order chi connectivity index (χ0) is 15.6. The van der Waals surface area contributed by atoms with Crippen molar-refractivity contribution in [2.45, 2.75) is 29.8 Å². The Hall–Kier alpha value is -1.41. The summed E-state index contributed by atoms with van der Waals surface area (Å²) in [5, 5.41) is 0. The van der Waals surface area contributed by atoms with Gasteiger partial charge in [-0.15, -0.1) is 0 Å². The maximum absolute atomic E-state index is 12.3. The third-order valence-corrected chi connectivity index (χ3v) is 4.25. The van der Waals surface area contributed by atoms with Gasteiger partial charge in [0.1, 0.15) is 0 Å². The van der Waals surface area contributed by atoms with E-state index in [2.05, 4.69) is 0 Å². The van der Waals surface area contributed by atoms with Crippen LogP contribution in [0.5, 0.6) is 0 Å². The molecule has 4 nitrogen and oxygen atoms in total. The Bertz CT molecular complexity index is 537. The number of alkyl halides is 3. The first-order valence-corrected chi connectivity index (χ1v) is 7.46. The molecule has 116 valence electrons. The molecule has 0 aliphatic carbocycles. The van der Waals surface area contributed by atoms with Gasteiger partial charge in [-0.1, -0.05) is 12.1 Å². The number of hydrogen-bond donors (Lipinski definition) is 1. The molecule has 1 aliphatic heterocycles. The Morgan fingerprint density at radius 2 is 1.71 bits per heavy atom. The Balaban J connectivity index is 1.98. The standard InChI is InChI=1S/C13H14F3NO3S/c14-13(15,16)12(18)17-7-5-10(6-8-17)9-1-3-11(4-2-9)21(19)20/h1-4,10H,5-8H2,(H,19,20). The molecule has 1 saturated heterocycles. The van der Waals surface area contributed by atoms with E-state index in [-0.39, 0.29) is 23.9 Å². The zero-order valence-corrected chi connectivity index (χ0v) is 11.8. The summed E-state index contributed by atoms with van der Waals surface area (Å²) in [4.78, 5) is 12.2. The second kappa shape index (κ2) is 6.15. The van der Waals surface area contributed by atoms with E-state index in [0.29, 0.717) is 12.8 Å². The normalized spacial score (nSPS) is 18.6. The van der Waals surface area contributed by atoms with Crippen molar-refractivity contribution < 1.29 is 26.7 Å². The molecule has 1 atom stereocenters. The first-order valence-electron chi connectivity index (χ1n) is 6.36. The van der Waals surface area contributed by atoms with Gasteiger partial charge in [0.25, 0.3) is 0 Å². The highest BCUT2D eigenvalue weighted by molar-refractivity contribution is 7.79. The van der Waals surface area contributed by atoms with E-state index in [1.807, 2.05) is 0 Å². The van der Waals surface area contributed by atoms with Gasteiger partial charge in [-0.2, -0.15) is 13.2 Å². The summed E-state index contributed by atoms with van der Waals surface area (Å²) < 4.78 is 56.8. The number of benzene rings is 1. The predicted molar refractivity (Wildman–Crippen MR) is 70.1 cm³/mol. The van der Waals surface area contributed by atoms with Crippen LogP contribution in [0.4, 0.5) is 13.2 Å². The number of hydrogen-bond acceptors (Lipinski definition) is 2. The lowest BCUT2D eigenvalue weighted by molar-refractivity contribution is -0.186. The van der Waals surface area contributed by atoms with Crippen LogP contribution in [0.25, 0.3) is 0 Å². The van der Waals surface area contributed by atoms with Crippen LogP contribution in [0.1, 0.15) is 24.3 Å². The van der Waals surface area contributed by atoms with E-state index in [0.717, 1.165) is 10.5 Å². The minimum absolute atomic E-state index is 0.0588. The van der Waals surface area contributed by atoms with Crippen molar-refractivity contribution in [3.63, 3.8) is 0 Å². The van der Waals surface area contributed by atoms with Crippen LogP contribution >= 0.6 is 0 Å². The summed E-state index contributed by atoms with van der Waals surface area (Å²) in [6, 6.07) is 6.46. The predicted octanol–water partition coefficient (Wildman–Crippen LogP) is 2.54. The Labute approximate surface area is 122 Å². The highest BCUT2D eigenvalue weighted by atomic mass is 32.2. The molecule has 21 heavy (non-hydrogen) atoms. The van der Waals surface area contributed by atoms with Crippen molar-refractivity contribution in [1.29, 1.82) is 0 Å². The maximum Gasteiger partial charge on any atom is 0.471 e. The van der Waals surface area contributed by atoms with E-state index in [1.165, 1.54) is 12.1 Å². The highest BCUT2D eigenvalue weighted by Gasteiger charge is 2.43. The fourth-order valence-corrected chi connectivity index (χ4v) is 2.82. The fraction of sp³-hybridized carbons (Fsp3) is 0.462. The van der Waals surface area contributed by atoms with Crippen LogP contribution < -0.4 is 0 Å². The molecule has 1 aromatic rings. The van der Waals surface area contributed by atoms with Crippen LogP contribution in [0, 0.1) is 0 Å². The first kappa shape index (κ1) is 16.0. The molecule has 1 heterocycles. The van der Waals surface area contributed by atoms with E-state index >= 15 is 0 Å². The molecule has 0 aromatic heterocycles. The third kappa shape index (κ3) is 3.82. The molecule has 2 rings (SSSR count). The van der Waals surface area contributed by atoms with Crippen molar-refractivity contribution in [2.24, 2.45) is 0 Å². The summed E-state index contributed by atoms with van der Waals surface area (Å²) >= 11 is -2.04. The minimum Gasteiger partial charge on any atom is -0.335 e. The summed E-state index contributed by atoms with van der Waals surface area (Å²) in [6.07, 6.45) is -3.92. The summed E-state index contributed by atoms with van der Waals surface area (Å²) in [5.41, 5.74) is 0.906. The number of likely N-dealkylation sites (tertiary alicyclic amines) is 1. The van der Waals surface area contributed by atoms with Crippen LogP contribution in [-0.4, -0.2) is 38.8 Å². The lowest BCUT2D eigenvalue weighted by atomic mass is 9.89. The molecule has 0 spiro atoms. The van der Waals surface area contributed by atoms with Gasteiger partial charge in [-0.25, -0.2) is 4.21 Å². The van der Waals surface area contributed by atoms with Crippen molar-refractivity contribution in [3.8, 4) is 0 Å². The van der Waals surface area contributed by atoms with Gasteiger partial charge in [0.05, 0.1) is 4.90 Å². The maximum atomic E-state index is 12.3. The monoisotopic (exact) mass is 321 g/mol. The SMILES string of the molecule is O=C(N1CCC(c2ccc(S(=O)O)cc2)CC1)C(F)(F)F. The second-order valence-corrected chi connectivity index (χ2v) is 5.85. The van der Waals surface area contributed by atoms with E-state index in [4.69, 9.17) is 4.55 Å². The summed E-state index contributed by atoms with van der Waals surface area (Å²) in [7, 11) is 0. The number of nitrogens with zero attached hydrogens (tertiary/aromatic N) is 1. The molecule has 1 fully saturated rings. The van der Waals surface area contributed by atoms with Gasteiger partial charge in [0, 0.05) is 13.1 Å². The Kier molecular flexibility index (Phi) is 4.67. The summed E-state index contributed by atoms with van der Waals surface area (Å²) in [5.74, 6) is -1.73. The molecule has 1 N–H and O–H groups in total. The Morgan fingerprint density at radius 3 is 2.14 bits per heavy atom. The van der Waals surface area contributed by atoms with Crippen molar-refractivity contribution in [1.82, 2.24) is 4.90 Å². The average Bonchev–Trinajstić information content (AvgIpc) is 2.46. The van der Waals surface area contributed by atoms with E-state index in [1.54, 1.807) is 12.1 Å². The molecule has 8 heteroatoms. The number of rotatable bonds is 2. The van der Waals surface area contributed by atoms with Crippen LogP contribution in [0.2, 0.25) is 0 Å². The van der Waals surface area contributed by atoms with E-state index < -0.39 is 23.2 Å². The van der Waals surface area contributed by atoms with Crippen molar-refractivity contribution >= 4 is 17.0 Å². The fourth-order valence-electron chi connectivity index (χ4n) is 2.45. The van der Waals surface area contributed by atoms with Crippen molar-refractivity contribution in [3.05, 3.63) is 29.8 Å². The number of carbonyl (C=O) groups is 1. The summed E-state index contributed by atoms with van der Waals surface area (Å²) in [6.45, 7) is 0.132. The van der Waals surface area contributed by atoms with Gasteiger partial charge in [-0.05, 0) is 36.5 Å². The molecule has 1 aromatic carbocycles. The average molecular weight is 321 g/mol. The molecule has 1 unspecified atom stereocenters. The number of piperidine rings is 1. The van der Waals surface area contributed by atoms with E-state index in [9.17, 15) is 22.2 Å². The molecule has 1 amide bonds. The largest absolute Gasteiger partial charge is 0.471 e. The third-order valence-electron chi connectivity index (χ3n) is 3.58. The quantitative estimate of drug-likeness (QED) is 0.852. The Morgan fingerprint density at radius 1 is 1.19 bits per heavy atom. The van der Waals surface area contributed by atoms with Crippen LogP contribution in [0.3, 0.4) is 0 Å². The van der Waals surface area contributed by atoms with Gasteiger partial charge >= 0.3 is 12.1 Å². The minimum atomic E-state index is -4.82. The molecule has 1 aliphatic rings. The lowest BCUT2D eigenvalue weighted by Crippen LogP contribution is -2.45. The topological polar surface area (TPSA) is 57.6 Å². The van der Waals surface area contributed by atoms with Crippen LogP contribution in [-0.2, 0) is 15.9 Å². The number of amides is 1. The van der Waals surface area contributed by atoms with Crippen molar-refractivity contribution in [2.75, 3.05) is 13.1 Å². The molecule has 0 saturated carbocycles. The van der Waals surface area contributed by atoms with Gasteiger partial charge in [0.15, 0.2) is 11.1 Å². The molecule has 0 bridgehead atoms. The highest BCUT2D eigenvalue weighted by Crippen LogP contribution is 2.30. The number of carbonyl (C=O) groups excluding carboxylic acids is 1. The zero-order valence-electron chi connectivity index (χ0n) is 11.0. The first-order chi connectivity index (χ1) is 9.79. The van der Waals surface area contributed by atoms with Gasteiger partial charge in [0.2, 0.25) is 0 Å².